The van der Waals surface area contributed by atoms with Crippen molar-refractivity contribution in [1.29, 1.82) is 0 Å². The fraction of sp³-hybridized carbons (Fsp3) is 0.533. The van der Waals surface area contributed by atoms with Gasteiger partial charge in [-0.05, 0) is 24.2 Å². The molecule has 0 bridgehead atoms. The molecule has 0 aromatic carbocycles. The van der Waals surface area contributed by atoms with Crippen molar-refractivity contribution in [1.82, 2.24) is 19.9 Å². The minimum atomic E-state index is 0.135. The van der Waals surface area contributed by atoms with E-state index in [1.54, 1.807) is 11.3 Å². The van der Waals surface area contributed by atoms with Crippen LogP contribution in [0.3, 0.4) is 0 Å². The van der Waals surface area contributed by atoms with Crippen molar-refractivity contribution in [3.05, 3.63) is 27.8 Å². The van der Waals surface area contributed by atoms with Crippen LogP contribution in [0.15, 0.2) is 16.7 Å². The first-order valence-corrected chi connectivity index (χ1v) is 8.42. The Morgan fingerprint density at radius 2 is 2.04 bits per heavy atom. The Labute approximate surface area is 139 Å². The van der Waals surface area contributed by atoms with Crippen molar-refractivity contribution >= 4 is 23.2 Å². The van der Waals surface area contributed by atoms with Crippen LogP contribution in [-0.4, -0.2) is 66.1 Å². The first kappa shape index (κ1) is 15.9. The number of anilines is 1. The van der Waals surface area contributed by atoms with Crippen LogP contribution in [0.1, 0.15) is 20.4 Å². The number of hydrogen-bond donors (Lipinski definition) is 0. The van der Waals surface area contributed by atoms with Crippen LogP contribution in [-0.2, 0) is 6.54 Å². The number of nitrogens with zero attached hydrogens (tertiary/aromatic N) is 5. The molecule has 3 rings (SSSR count). The van der Waals surface area contributed by atoms with E-state index in [-0.39, 0.29) is 5.91 Å². The third kappa shape index (κ3) is 3.70. The molecule has 1 saturated heterocycles. The molecule has 124 valence electrons. The van der Waals surface area contributed by atoms with Crippen molar-refractivity contribution in [2.45, 2.75) is 13.5 Å². The predicted octanol–water partition coefficient (Wildman–Crippen LogP) is 1.46. The molecular weight excluding hydrogens is 314 g/mol. The monoisotopic (exact) mass is 335 g/mol. The van der Waals surface area contributed by atoms with Crippen molar-refractivity contribution in [2.24, 2.45) is 0 Å². The summed E-state index contributed by atoms with van der Waals surface area (Å²) in [5, 5.41) is 3.92. The molecule has 3 heterocycles. The van der Waals surface area contributed by atoms with Crippen LogP contribution >= 0.6 is 11.3 Å². The van der Waals surface area contributed by atoms with Crippen molar-refractivity contribution in [3.63, 3.8) is 0 Å². The molecule has 2 aromatic rings. The minimum Gasteiger partial charge on any atom is -0.344 e. The third-order valence-corrected chi connectivity index (χ3v) is 4.82. The molecule has 0 unspecified atom stereocenters. The molecule has 7 nitrogen and oxygen atoms in total. The highest BCUT2D eigenvalue weighted by atomic mass is 32.1. The number of carbonyl (C=O) groups is 1. The first-order chi connectivity index (χ1) is 11.0. The summed E-state index contributed by atoms with van der Waals surface area (Å²) in [5.41, 5.74) is 0. The average Bonchev–Trinajstić information content (AvgIpc) is 3.16. The fourth-order valence-corrected chi connectivity index (χ4v) is 3.33. The van der Waals surface area contributed by atoms with Crippen LogP contribution in [0.2, 0.25) is 0 Å². The molecule has 0 radical (unpaired) electrons. The summed E-state index contributed by atoms with van der Waals surface area (Å²) in [5.74, 6) is 1.33. The number of carbonyl (C=O) groups excluding carboxylic acids is 1. The number of rotatable bonds is 4. The molecule has 23 heavy (non-hydrogen) atoms. The molecule has 0 spiro atoms. The van der Waals surface area contributed by atoms with E-state index in [9.17, 15) is 4.79 Å². The number of aryl methyl sites for hydroxylation is 1. The normalized spacial score (nSPS) is 15.9. The van der Waals surface area contributed by atoms with Crippen LogP contribution in [0.5, 0.6) is 0 Å². The fourth-order valence-electron chi connectivity index (χ4n) is 2.50. The van der Waals surface area contributed by atoms with Crippen LogP contribution in [0.4, 0.5) is 5.95 Å². The number of hydrogen-bond acceptors (Lipinski definition) is 7. The van der Waals surface area contributed by atoms with E-state index >= 15 is 0 Å². The summed E-state index contributed by atoms with van der Waals surface area (Å²) >= 11 is 1.56. The molecule has 0 atom stereocenters. The zero-order valence-electron chi connectivity index (χ0n) is 13.7. The van der Waals surface area contributed by atoms with Crippen molar-refractivity contribution in [3.8, 4) is 0 Å². The van der Waals surface area contributed by atoms with E-state index in [1.165, 1.54) is 4.88 Å². The Morgan fingerprint density at radius 3 is 2.61 bits per heavy atom. The molecule has 1 amide bonds. The Balaban J connectivity index is 1.52. The van der Waals surface area contributed by atoms with Gasteiger partial charge in [0.05, 0.1) is 11.4 Å². The number of piperazine rings is 1. The highest BCUT2D eigenvalue weighted by Gasteiger charge is 2.24. The summed E-state index contributed by atoms with van der Waals surface area (Å²) in [6.07, 6.45) is 0. The summed E-state index contributed by atoms with van der Waals surface area (Å²) in [4.78, 5) is 24.7. The van der Waals surface area contributed by atoms with Gasteiger partial charge < -0.3 is 14.3 Å². The quantitative estimate of drug-likeness (QED) is 0.843. The van der Waals surface area contributed by atoms with E-state index in [2.05, 4.69) is 15.0 Å². The van der Waals surface area contributed by atoms with Crippen molar-refractivity contribution < 1.29 is 9.32 Å². The van der Waals surface area contributed by atoms with E-state index in [0.29, 0.717) is 18.4 Å². The van der Waals surface area contributed by atoms with Gasteiger partial charge in [0.15, 0.2) is 0 Å². The maximum Gasteiger partial charge on any atom is 0.265 e. The molecule has 2 aromatic heterocycles. The van der Waals surface area contributed by atoms with Crippen LogP contribution in [0, 0.1) is 6.92 Å². The van der Waals surface area contributed by atoms with Gasteiger partial charge in [0.1, 0.15) is 0 Å². The maximum absolute atomic E-state index is 12.4. The van der Waals surface area contributed by atoms with E-state index in [4.69, 9.17) is 4.52 Å². The molecule has 0 saturated carbocycles. The Kier molecular flexibility index (Phi) is 4.63. The third-order valence-electron chi connectivity index (χ3n) is 3.83. The lowest BCUT2D eigenvalue weighted by molar-refractivity contribution is 0.0620. The van der Waals surface area contributed by atoms with Gasteiger partial charge in [-0.2, -0.15) is 4.98 Å². The topological polar surface area (TPSA) is 65.7 Å². The number of amides is 1. The summed E-state index contributed by atoms with van der Waals surface area (Å²) < 4.78 is 5.25. The number of thiophene rings is 1. The van der Waals surface area contributed by atoms with Crippen LogP contribution < -0.4 is 4.90 Å². The molecule has 1 aliphatic rings. The molecular formula is C15H21N5O2S. The Hall–Kier alpha value is -1.93. The second-order valence-corrected chi connectivity index (χ2v) is 7.15. The SMILES string of the molecule is Cc1ccc(C(=O)N2CCN(Cc3nc(N(C)C)no3)CC2)s1. The van der Waals surface area contributed by atoms with E-state index in [1.807, 2.05) is 43.0 Å². The smallest absolute Gasteiger partial charge is 0.265 e. The second kappa shape index (κ2) is 6.67. The maximum atomic E-state index is 12.4. The lowest BCUT2D eigenvalue weighted by Gasteiger charge is -2.33. The van der Waals surface area contributed by atoms with Crippen molar-refractivity contribution in [2.75, 3.05) is 45.2 Å². The van der Waals surface area contributed by atoms with Crippen LogP contribution in [0.25, 0.3) is 0 Å². The molecule has 0 N–H and O–H groups in total. The second-order valence-electron chi connectivity index (χ2n) is 5.86. The van der Waals surface area contributed by atoms with Gasteiger partial charge in [-0.1, -0.05) is 0 Å². The van der Waals surface area contributed by atoms with Gasteiger partial charge in [0.2, 0.25) is 5.89 Å². The molecule has 1 fully saturated rings. The lowest BCUT2D eigenvalue weighted by Crippen LogP contribution is -2.48. The summed E-state index contributed by atoms with van der Waals surface area (Å²) in [7, 11) is 3.76. The largest absolute Gasteiger partial charge is 0.344 e. The standard InChI is InChI=1S/C15H21N5O2S/c1-11-4-5-12(23-11)14(21)20-8-6-19(7-9-20)10-13-16-15(17-22-13)18(2)3/h4-5H,6-10H2,1-3H3. The first-order valence-electron chi connectivity index (χ1n) is 7.61. The highest BCUT2D eigenvalue weighted by molar-refractivity contribution is 7.13. The average molecular weight is 335 g/mol. The van der Waals surface area contributed by atoms with Gasteiger partial charge >= 0.3 is 0 Å². The van der Waals surface area contributed by atoms with E-state index in [0.717, 1.165) is 31.1 Å². The Bertz CT molecular complexity index is 673. The zero-order chi connectivity index (χ0) is 16.4. The van der Waals surface area contributed by atoms with Gasteiger partial charge in [0.25, 0.3) is 11.9 Å². The van der Waals surface area contributed by atoms with Gasteiger partial charge in [0, 0.05) is 45.2 Å². The van der Waals surface area contributed by atoms with Gasteiger partial charge in [-0.25, -0.2) is 0 Å². The van der Waals surface area contributed by atoms with Gasteiger partial charge in [-0.3, -0.25) is 9.69 Å². The molecule has 1 aliphatic heterocycles. The van der Waals surface area contributed by atoms with E-state index < -0.39 is 0 Å². The predicted molar refractivity (Wildman–Crippen MR) is 88.9 cm³/mol. The lowest BCUT2D eigenvalue weighted by atomic mass is 10.3. The zero-order valence-corrected chi connectivity index (χ0v) is 14.5. The summed E-state index contributed by atoms with van der Waals surface area (Å²) in [6.45, 7) is 5.73. The Morgan fingerprint density at radius 1 is 1.30 bits per heavy atom. The highest BCUT2D eigenvalue weighted by Crippen LogP contribution is 2.18. The molecule has 8 heteroatoms. The molecule has 0 aliphatic carbocycles. The summed E-state index contributed by atoms with van der Waals surface area (Å²) in [6, 6.07) is 3.90. The minimum absolute atomic E-state index is 0.135. The van der Waals surface area contributed by atoms with Gasteiger partial charge in [-0.15, -0.1) is 11.3 Å². The number of aromatic nitrogens is 2.